The fraction of sp³-hybridized carbons (Fsp3) is 0.474. The molecule has 0 amide bonds. The van der Waals surface area contributed by atoms with E-state index >= 15 is 4.39 Å². The molecule has 0 aromatic carbocycles. The predicted molar refractivity (Wildman–Crippen MR) is 133 cm³/mol. The van der Waals surface area contributed by atoms with Crippen LogP contribution in [0.5, 0.6) is 0 Å². The number of aromatic amines is 1. The van der Waals surface area contributed by atoms with Crippen molar-refractivity contribution in [1.82, 2.24) is 39.0 Å². The Kier molecular flexibility index (Phi) is 5.90. The zero-order valence-corrected chi connectivity index (χ0v) is 21.8. The number of aromatic nitrogens is 8. The Hall–Kier alpha value is -3.20. The lowest BCUT2D eigenvalue weighted by atomic mass is 10.1. The molecule has 7 rings (SSSR count). The smallest absolute Gasteiger partial charge is 0.325 e. The maximum absolute atomic E-state index is 16.2. The number of nitrogen functional groups attached to an aromatic ring is 2. The lowest BCUT2D eigenvalue weighted by Crippen LogP contribution is -2.65. The zero-order valence-electron chi connectivity index (χ0n) is 20.1. The summed E-state index contributed by atoms with van der Waals surface area (Å²) in [6, 6.07) is 0. The van der Waals surface area contributed by atoms with Gasteiger partial charge in [0.15, 0.2) is 48.0 Å². The van der Waals surface area contributed by atoms with Crippen molar-refractivity contribution in [1.29, 1.82) is 0 Å². The molecule has 7 atom stereocenters. The van der Waals surface area contributed by atoms with E-state index in [1.165, 1.54) is 10.9 Å². The van der Waals surface area contributed by atoms with Gasteiger partial charge in [0.05, 0.1) is 12.9 Å². The van der Waals surface area contributed by atoms with Gasteiger partial charge in [-0.15, -0.1) is 0 Å². The highest BCUT2D eigenvalue weighted by atomic mass is 32.5. The van der Waals surface area contributed by atoms with E-state index < -0.39 is 55.9 Å². The summed E-state index contributed by atoms with van der Waals surface area (Å²) in [5.74, 6) is -2.66. The van der Waals surface area contributed by atoms with Crippen LogP contribution in [0.15, 0.2) is 23.8 Å². The van der Waals surface area contributed by atoms with Crippen LogP contribution < -0.4 is 17.0 Å². The van der Waals surface area contributed by atoms with Crippen LogP contribution in [0.1, 0.15) is 12.6 Å². The Morgan fingerprint density at radius 3 is 2.83 bits per heavy atom. The summed E-state index contributed by atoms with van der Waals surface area (Å²) in [5.41, 5.74) is 11.3. The van der Waals surface area contributed by atoms with Crippen molar-refractivity contribution in [2.75, 3.05) is 24.9 Å². The summed E-state index contributed by atoms with van der Waals surface area (Å²) in [6.45, 7) is -4.75. The second kappa shape index (κ2) is 9.16. The van der Waals surface area contributed by atoms with E-state index in [0.29, 0.717) is 0 Å². The second-order valence-corrected chi connectivity index (χ2v) is 11.8. The van der Waals surface area contributed by atoms with E-state index in [0.717, 1.165) is 17.2 Å². The van der Waals surface area contributed by atoms with Crippen molar-refractivity contribution in [2.45, 2.75) is 43.2 Å². The third kappa shape index (κ3) is 4.07. The van der Waals surface area contributed by atoms with Gasteiger partial charge < -0.3 is 44.4 Å². The van der Waals surface area contributed by atoms with Gasteiger partial charge in [-0.2, -0.15) is 9.37 Å². The molecule has 6 N–H and O–H groups in total. The highest BCUT2D eigenvalue weighted by Gasteiger charge is 2.61. The van der Waals surface area contributed by atoms with E-state index in [1.54, 1.807) is 0 Å². The quantitative estimate of drug-likeness (QED) is 0.210. The van der Waals surface area contributed by atoms with Crippen molar-refractivity contribution in [3.63, 3.8) is 0 Å². The number of alkyl halides is 1. The number of hydrogen-bond donors (Lipinski definition) is 4. The van der Waals surface area contributed by atoms with E-state index in [-0.39, 0.29) is 47.1 Å². The van der Waals surface area contributed by atoms with Gasteiger partial charge in [0, 0.05) is 6.42 Å². The Labute approximate surface area is 226 Å². The number of fused-ring (bicyclic) bond motifs is 5. The van der Waals surface area contributed by atoms with Crippen molar-refractivity contribution in [3.8, 4) is 0 Å². The van der Waals surface area contributed by atoms with Gasteiger partial charge in [-0.3, -0.25) is 18.9 Å². The molecule has 212 valence electrons. The van der Waals surface area contributed by atoms with Gasteiger partial charge in [-0.1, -0.05) is 0 Å². The molecule has 3 fully saturated rings. The molecule has 3 aliphatic heterocycles. The van der Waals surface area contributed by atoms with Crippen LogP contribution in [0.2, 0.25) is 0 Å². The first-order valence-electron chi connectivity index (χ1n) is 11.7. The maximum atomic E-state index is 16.2. The average Bonchev–Trinajstić information content (AvgIpc) is 3.61. The molecule has 21 heteroatoms. The minimum absolute atomic E-state index is 0.00825. The van der Waals surface area contributed by atoms with Gasteiger partial charge in [0.1, 0.15) is 30.4 Å². The Bertz CT molecular complexity index is 1740. The number of imidazole rings is 2. The monoisotopic (exact) mass is 598 g/mol. The molecule has 4 aromatic rings. The van der Waals surface area contributed by atoms with Crippen LogP contribution in [-0.2, 0) is 45.8 Å². The number of H-pyrrole nitrogens is 1. The minimum Gasteiger partial charge on any atom is -0.382 e. The summed E-state index contributed by atoms with van der Waals surface area (Å²) >= 11 is 5.21. The molecule has 0 radical (unpaired) electrons. The number of nitrogens with one attached hydrogen (secondary N) is 1. The van der Waals surface area contributed by atoms with Crippen LogP contribution in [0, 0.1) is 0 Å². The van der Waals surface area contributed by atoms with Gasteiger partial charge in [-0.25, -0.2) is 19.9 Å². The van der Waals surface area contributed by atoms with E-state index in [9.17, 15) is 9.69 Å². The van der Waals surface area contributed by atoms with Gasteiger partial charge in [-0.05, 0) is 11.8 Å². The number of nitrogens with zero attached hydrogens (tertiary/aromatic N) is 7. The molecule has 0 spiro atoms. The van der Waals surface area contributed by atoms with Gasteiger partial charge in [0.2, 0.25) is 5.95 Å². The van der Waals surface area contributed by atoms with Crippen molar-refractivity contribution in [2.24, 2.45) is 0 Å². The molecule has 3 saturated heterocycles. The van der Waals surface area contributed by atoms with Crippen molar-refractivity contribution < 1.29 is 37.3 Å². The zero-order chi connectivity index (χ0) is 27.8. The first-order chi connectivity index (χ1) is 19.1. The SMILES string of the molecule is Nc1nc2c(ncn2C2O[C@H]3C[C@@H]2OP(O)(=S)OCC2OC(F)(n4cnc5c(N)ncnc54)C2OCO3)c(=O)[nH]1. The molecule has 0 saturated carbocycles. The third-order valence-corrected chi connectivity index (χ3v) is 8.21. The molecule has 40 heavy (non-hydrogen) atoms. The maximum Gasteiger partial charge on any atom is 0.325 e. The number of anilines is 2. The van der Waals surface area contributed by atoms with Crippen molar-refractivity contribution in [3.05, 3.63) is 29.3 Å². The summed E-state index contributed by atoms with van der Waals surface area (Å²) in [6.07, 6.45) is -1.52. The first-order valence-corrected chi connectivity index (χ1v) is 14.3. The molecule has 0 aliphatic carbocycles. The third-order valence-electron chi connectivity index (χ3n) is 6.63. The summed E-state index contributed by atoms with van der Waals surface area (Å²) < 4.78 is 52.8. The molecular formula is C19H20FN10O8PS. The molecular weight excluding hydrogens is 578 g/mol. The Morgan fingerprint density at radius 2 is 1.98 bits per heavy atom. The normalized spacial score (nSPS) is 34.7. The van der Waals surface area contributed by atoms with Crippen LogP contribution >= 0.6 is 6.72 Å². The van der Waals surface area contributed by atoms with Crippen LogP contribution in [0.25, 0.3) is 22.3 Å². The molecule has 7 heterocycles. The summed E-state index contributed by atoms with van der Waals surface area (Å²) in [5, 5.41) is 0. The van der Waals surface area contributed by atoms with E-state index in [2.05, 4.69) is 29.9 Å². The molecule has 2 bridgehead atoms. The fourth-order valence-corrected chi connectivity index (χ4v) is 6.28. The molecule has 18 nitrogen and oxygen atoms in total. The van der Waals surface area contributed by atoms with Gasteiger partial charge in [0.25, 0.3) is 5.56 Å². The lowest BCUT2D eigenvalue weighted by Gasteiger charge is -2.48. The summed E-state index contributed by atoms with van der Waals surface area (Å²) in [7, 11) is 0. The van der Waals surface area contributed by atoms with Crippen molar-refractivity contribution >= 4 is 52.6 Å². The lowest BCUT2D eigenvalue weighted by molar-refractivity contribution is -0.418. The number of ether oxygens (including phenoxy) is 4. The standard InChI is InChI=1S/C19H20FN10O8PS/c20-19(30-5-26-10-13(21)23-3-24-14(10)30)12-8(37-19)2-35-39(32,40)38-7-1-9(33-6-34-12)36-17(7)29-4-25-11-15(29)27-18(22)28-16(11)31/h3-5,7-9,12,17H,1-2,6H2,(H,32,40)(H2,21,23,24)(H3,22,27,28,31)/t7-,8?,9-,12?,17?,19?,39?/m0/s1. The summed E-state index contributed by atoms with van der Waals surface area (Å²) in [4.78, 5) is 45.6. The first kappa shape index (κ1) is 25.7. The number of rotatable bonds is 2. The van der Waals surface area contributed by atoms with Crippen LogP contribution in [-0.4, -0.2) is 81.9 Å². The minimum atomic E-state index is -3.94. The largest absolute Gasteiger partial charge is 0.382 e. The highest BCUT2D eigenvalue weighted by molar-refractivity contribution is 8.07. The van der Waals surface area contributed by atoms with Crippen LogP contribution in [0.3, 0.4) is 0 Å². The number of nitrogens with two attached hydrogens (primary N) is 2. The van der Waals surface area contributed by atoms with E-state index in [1.807, 2.05) is 0 Å². The number of hydrogen-bond acceptors (Lipinski definition) is 15. The number of halogens is 1. The fourth-order valence-electron chi connectivity index (χ4n) is 4.84. The Morgan fingerprint density at radius 1 is 1.15 bits per heavy atom. The molecule has 3 aliphatic rings. The average molecular weight is 598 g/mol. The molecule has 5 unspecified atom stereocenters. The van der Waals surface area contributed by atoms with E-state index in [4.69, 9.17) is 51.3 Å². The highest BCUT2D eigenvalue weighted by Crippen LogP contribution is 2.52. The van der Waals surface area contributed by atoms with Crippen LogP contribution in [0.4, 0.5) is 16.2 Å². The molecule has 4 aromatic heterocycles. The van der Waals surface area contributed by atoms with Gasteiger partial charge >= 0.3 is 12.7 Å². The topological polar surface area (TPSA) is 235 Å². The Balaban J connectivity index is 1.17. The second-order valence-electron chi connectivity index (χ2n) is 9.06. The predicted octanol–water partition coefficient (Wildman–Crippen LogP) is -0.661.